The molecule has 3 rings (SSSR count). The van der Waals surface area contributed by atoms with Gasteiger partial charge in [0.15, 0.2) is 5.96 Å². The Labute approximate surface area is 195 Å². The largest absolute Gasteiger partial charge is 0.496 e. The molecular weight excluding hydrogens is 497 g/mol. The lowest BCUT2D eigenvalue weighted by molar-refractivity contribution is 0.0505. The summed E-state index contributed by atoms with van der Waals surface area (Å²) in [7, 11) is 1.75. The van der Waals surface area contributed by atoms with Crippen LogP contribution in [0.15, 0.2) is 40.7 Å². The van der Waals surface area contributed by atoms with E-state index in [9.17, 15) is 0 Å². The molecule has 0 radical (unpaired) electrons. The summed E-state index contributed by atoms with van der Waals surface area (Å²) in [6, 6.07) is 10.6. The number of nitrogens with one attached hydrogen (secondary N) is 2. The summed E-state index contributed by atoms with van der Waals surface area (Å²) >= 11 is 1.74. The van der Waals surface area contributed by atoms with Crippen molar-refractivity contribution in [2.24, 2.45) is 4.99 Å². The maximum absolute atomic E-state index is 5.72. The van der Waals surface area contributed by atoms with Gasteiger partial charge in [0.05, 0.1) is 13.7 Å². The van der Waals surface area contributed by atoms with Crippen LogP contribution in [0.5, 0.6) is 5.75 Å². The van der Waals surface area contributed by atoms with E-state index >= 15 is 0 Å². The first-order valence-electron chi connectivity index (χ1n) is 9.94. The van der Waals surface area contributed by atoms with Gasteiger partial charge in [0.1, 0.15) is 5.75 Å². The average molecular weight is 529 g/mol. The average Bonchev–Trinajstić information content (AvgIpc) is 3.24. The number of halogens is 1. The van der Waals surface area contributed by atoms with Gasteiger partial charge in [-0.15, -0.1) is 35.3 Å². The SMILES string of the molecule is CCNC(=NCc1cccs1)NCC1(c2cc(C)ccc2OC)CCOCC1.I. The minimum atomic E-state index is -0.0330. The predicted molar refractivity (Wildman–Crippen MR) is 132 cm³/mol. The highest BCUT2D eigenvalue weighted by atomic mass is 127. The first-order chi connectivity index (χ1) is 13.7. The summed E-state index contributed by atoms with van der Waals surface area (Å²) in [5.74, 6) is 1.81. The van der Waals surface area contributed by atoms with Crippen molar-refractivity contribution >= 4 is 41.3 Å². The molecule has 2 aromatic rings. The van der Waals surface area contributed by atoms with Crippen LogP contribution in [-0.2, 0) is 16.7 Å². The van der Waals surface area contributed by atoms with Crippen molar-refractivity contribution in [3.8, 4) is 5.75 Å². The van der Waals surface area contributed by atoms with Gasteiger partial charge in [0.25, 0.3) is 0 Å². The summed E-state index contributed by atoms with van der Waals surface area (Å²) < 4.78 is 11.4. The minimum Gasteiger partial charge on any atom is -0.496 e. The fourth-order valence-corrected chi connectivity index (χ4v) is 4.32. The lowest BCUT2D eigenvalue weighted by Crippen LogP contribution is -2.48. The van der Waals surface area contributed by atoms with Crippen LogP contribution < -0.4 is 15.4 Å². The molecule has 1 aromatic heterocycles. The Balaban J connectivity index is 0.00000300. The maximum atomic E-state index is 5.72. The van der Waals surface area contributed by atoms with Gasteiger partial charge in [-0.1, -0.05) is 23.8 Å². The molecule has 1 aromatic carbocycles. The lowest BCUT2D eigenvalue weighted by Gasteiger charge is -2.39. The number of aliphatic imine (C=N–C) groups is 1. The number of guanidine groups is 1. The number of aryl methyl sites for hydroxylation is 1. The van der Waals surface area contributed by atoms with Crippen molar-refractivity contribution in [3.05, 3.63) is 51.7 Å². The smallest absolute Gasteiger partial charge is 0.191 e. The van der Waals surface area contributed by atoms with E-state index in [-0.39, 0.29) is 29.4 Å². The second-order valence-electron chi connectivity index (χ2n) is 7.22. The van der Waals surface area contributed by atoms with E-state index in [0.29, 0.717) is 6.54 Å². The maximum Gasteiger partial charge on any atom is 0.191 e. The van der Waals surface area contributed by atoms with Crippen molar-refractivity contribution in [3.63, 3.8) is 0 Å². The Kier molecular flexibility index (Phi) is 9.71. The molecule has 0 unspecified atom stereocenters. The van der Waals surface area contributed by atoms with E-state index in [1.54, 1.807) is 18.4 Å². The number of nitrogens with zero attached hydrogens (tertiary/aromatic N) is 1. The predicted octanol–water partition coefficient (Wildman–Crippen LogP) is 4.49. The van der Waals surface area contributed by atoms with Gasteiger partial charge in [-0.3, -0.25) is 0 Å². The highest BCUT2D eigenvalue weighted by molar-refractivity contribution is 14.0. The van der Waals surface area contributed by atoms with Gasteiger partial charge in [0, 0.05) is 42.2 Å². The van der Waals surface area contributed by atoms with Crippen LogP contribution in [0.3, 0.4) is 0 Å². The Hall–Kier alpha value is -1.32. The van der Waals surface area contributed by atoms with E-state index in [0.717, 1.165) is 50.9 Å². The van der Waals surface area contributed by atoms with Crippen LogP contribution >= 0.6 is 35.3 Å². The van der Waals surface area contributed by atoms with Gasteiger partial charge >= 0.3 is 0 Å². The molecule has 1 aliphatic heterocycles. The number of ether oxygens (including phenoxy) is 2. The molecular formula is C22H32IN3O2S. The minimum absolute atomic E-state index is 0. The molecule has 1 saturated heterocycles. The number of thiophene rings is 1. The van der Waals surface area contributed by atoms with E-state index in [1.807, 2.05) is 0 Å². The van der Waals surface area contributed by atoms with E-state index in [2.05, 4.69) is 60.2 Å². The van der Waals surface area contributed by atoms with E-state index in [1.165, 1.54) is 16.0 Å². The number of hydrogen-bond donors (Lipinski definition) is 2. The summed E-state index contributed by atoms with van der Waals surface area (Å²) in [5, 5.41) is 9.06. The molecule has 0 spiro atoms. The third-order valence-corrected chi connectivity index (χ3v) is 6.15. The summed E-state index contributed by atoms with van der Waals surface area (Å²) in [4.78, 5) is 6.03. The molecule has 5 nitrogen and oxygen atoms in total. The monoisotopic (exact) mass is 529 g/mol. The molecule has 0 bridgehead atoms. The van der Waals surface area contributed by atoms with Gasteiger partial charge < -0.3 is 20.1 Å². The van der Waals surface area contributed by atoms with Crippen LogP contribution in [0.2, 0.25) is 0 Å². The van der Waals surface area contributed by atoms with Crippen LogP contribution in [0.1, 0.15) is 35.8 Å². The molecule has 160 valence electrons. The van der Waals surface area contributed by atoms with E-state index < -0.39 is 0 Å². The molecule has 2 heterocycles. The third-order valence-electron chi connectivity index (χ3n) is 5.29. The number of methoxy groups -OCH3 is 1. The van der Waals surface area contributed by atoms with Crippen molar-refractivity contribution < 1.29 is 9.47 Å². The molecule has 0 atom stereocenters. The van der Waals surface area contributed by atoms with Crippen molar-refractivity contribution in [1.82, 2.24) is 10.6 Å². The Bertz CT molecular complexity index is 774. The van der Waals surface area contributed by atoms with Crippen LogP contribution in [-0.4, -0.2) is 39.4 Å². The topological polar surface area (TPSA) is 54.9 Å². The Morgan fingerprint density at radius 3 is 2.69 bits per heavy atom. The molecule has 1 aliphatic rings. The zero-order valence-corrected chi connectivity index (χ0v) is 20.6. The summed E-state index contributed by atoms with van der Waals surface area (Å²) in [5.41, 5.74) is 2.48. The van der Waals surface area contributed by atoms with Gasteiger partial charge in [-0.25, -0.2) is 4.99 Å². The zero-order valence-electron chi connectivity index (χ0n) is 17.5. The molecule has 0 aliphatic carbocycles. The molecule has 2 N–H and O–H groups in total. The van der Waals surface area contributed by atoms with Crippen molar-refractivity contribution in [2.75, 3.05) is 33.4 Å². The fraction of sp³-hybridized carbons (Fsp3) is 0.500. The second kappa shape index (κ2) is 11.8. The van der Waals surface area contributed by atoms with Gasteiger partial charge in [-0.2, -0.15) is 0 Å². The number of hydrogen-bond acceptors (Lipinski definition) is 4. The summed E-state index contributed by atoms with van der Waals surface area (Å²) in [6.45, 7) is 8.08. The number of rotatable bonds is 7. The molecule has 7 heteroatoms. The Morgan fingerprint density at radius 2 is 2.03 bits per heavy atom. The summed E-state index contributed by atoms with van der Waals surface area (Å²) in [6.07, 6.45) is 1.92. The van der Waals surface area contributed by atoms with Gasteiger partial charge in [-0.05, 0) is 44.2 Å². The molecule has 1 fully saturated rings. The molecule has 29 heavy (non-hydrogen) atoms. The van der Waals surface area contributed by atoms with Crippen molar-refractivity contribution in [2.45, 2.75) is 38.6 Å². The first-order valence-corrected chi connectivity index (χ1v) is 10.8. The number of benzene rings is 1. The molecule has 0 amide bonds. The Morgan fingerprint density at radius 1 is 1.24 bits per heavy atom. The normalized spacial score (nSPS) is 16.0. The highest BCUT2D eigenvalue weighted by Crippen LogP contribution is 2.40. The fourth-order valence-electron chi connectivity index (χ4n) is 3.69. The second-order valence-corrected chi connectivity index (χ2v) is 8.26. The lowest BCUT2D eigenvalue weighted by atomic mass is 9.73. The quantitative estimate of drug-likeness (QED) is 0.316. The van der Waals surface area contributed by atoms with Gasteiger partial charge in [0.2, 0.25) is 0 Å². The standard InChI is InChI=1S/C22H31N3O2S.HI/c1-4-23-21(24-15-18-6-5-13-28-18)25-16-22(9-11-27-12-10-22)19-14-17(2)7-8-20(19)26-3;/h5-8,13-14H,4,9-12,15-16H2,1-3H3,(H2,23,24,25);1H. The highest BCUT2D eigenvalue weighted by Gasteiger charge is 2.37. The van der Waals surface area contributed by atoms with Crippen LogP contribution in [0, 0.1) is 6.92 Å². The van der Waals surface area contributed by atoms with Crippen LogP contribution in [0.4, 0.5) is 0 Å². The first kappa shape index (κ1) is 24.0. The van der Waals surface area contributed by atoms with Crippen molar-refractivity contribution in [1.29, 1.82) is 0 Å². The van der Waals surface area contributed by atoms with E-state index in [4.69, 9.17) is 14.5 Å². The zero-order chi connectivity index (χ0) is 19.8. The third kappa shape index (κ3) is 6.33. The molecule has 0 saturated carbocycles. The van der Waals surface area contributed by atoms with Crippen LogP contribution in [0.25, 0.3) is 0 Å².